The summed E-state index contributed by atoms with van der Waals surface area (Å²) in [5.41, 5.74) is 1.08. The van der Waals surface area contributed by atoms with Crippen LogP contribution in [0.1, 0.15) is 11.7 Å². The Bertz CT molecular complexity index is 971. The van der Waals surface area contributed by atoms with Gasteiger partial charge in [0.2, 0.25) is 0 Å². The fourth-order valence-electron chi connectivity index (χ4n) is 2.58. The number of benzene rings is 2. The van der Waals surface area contributed by atoms with Crippen LogP contribution < -0.4 is 15.0 Å². The fourth-order valence-corrected chi connectivity index (χ4v) is 2.58. The van der Waals surface area contributed by atoms with Gasteiger partial charge in [-0.05, 0) is 17.7 Å². The lowest BCUT2D eigenvalue weighted by molar-refractivity contribution is 0.142. The molecular weight excluding hydrogens is 327 g/mol. The van der Waals surface area contributed by atoms with Crippen molar-refractivity contribution in [3.63, 3.8) is 0 Å². The van der Waals surface area contributed by atoms with Gasteiger partial charge in [0.05, 0.1) is 25.1 Å². The van der Waals surface area contributed by atoms with Gasteiger partial charge >= 0.3 is 0 Å². The molecule has 0 amide bonds. The van der Waals surface area contributed by atoms with Gasteiger partial charge in [0.15, 0.2) is 11.5 Å². The zero-order valence-corrected chi connectivity index (χ0v) is 13.7. The van der Waals surface area contributed by atoms with Crippen molar-refractivity contribution >= 4 is 10.9 Å². The van der Waals surface area contributed by atoms with Crippen LogP contribution in [0.15, 0.2) is 41.2 Å². The molecule has 6 nitrogen and oxygen atoms in total. The van der Waals surface area contributed by atoms with E-state index in [1.54, 1.807) is 36.4 Å². The number of aliphatic hydroxyl groups excluding tert-OH is 1. The van der Waals surface area contributed by atoms with Crippen LogP contribution in [0, 0.1) is 0 Å². The number of fused-ring (bicyclic) bond motifs is 1. The van der Waals surface area contributed by atoms with Gasteiger partial charge in [-0.15, -0.1) is 0 Å². The molecule has 3 rings (SSSR count). The highest BCUT2D eigenvalue weighted by Gasteiger charge is 2.13. The summed E-state index contributed by atoms with van der Waals surface area (Å²) in [6.45, 7) is -0.887. The van der Waals surface area contributed by atoms with Crippen LogP contribution >= 0.6 is 0 Å². The first kappa shape index (κ1) is 16.9. The summed E-state index contributed by atoms with van der Waals surface area (Å²) < 4.78 is 23.1. The average Bonchev–Trinajstić information content (AvgIpc) is 2.66. The molecule has 0 saturated heterocycles. The molecule has 1 unspecified atom stereocenters. The molecular formula is C18H17FN2O4. The lowest BCUT2D eigenvalue weighted by Crippen LogP contribution is -2.10. The van der Waals surface area contributed by atoms with Crippen LogP contribution in [0.3, 0.4) is 0 Å². The van der Waals surface area contributed by atoms with Gasteiger partial charge in [-0.1, -0.05) is 18.2 Å². The zero-order valence-electron chi connectivity index (χ0n) is 13.7. The number of nitrogens with one attached hydrogen (secondary N) is 1. The standard InChI is InChI=1S/C18H17FN2O4/c1-24-15-7-12-13(8-16(15)25-2)20-17(21-18(12)23)11-5-3-4-10(6-11)14(22)9-19/h3-8,14,22H,9H2,1-2H3,(H,20,21,23). The number of aliphatic hydroxyl groups is 1. The minimum absolute atomic E-state index is 0.317. The lowest BCUT2D eigenvalue weighted by Gasteiger charge is -2.11. The number of halogens is 1. The topological polar surface area (TPSA) is 84.4 Å². The van der Waals surface area contributed by atoms with Crippen LogP contribution in [0.5, 0.6) is 11.5 Å². The van der Waals surface area contributed by atoms with E-state index in [4.69, 9.17) is 9.47 Å². The SMILES string of the molecule is COc1cc2nc(-c3cccc(C(O)CF)c3)[nH]c(=O)c2cc1OC. The maximum absolute atomic E-state index is 12.7. The molecule has 3 aromatic rings. The van der Waals surface area contributed by atoms with Crippen LogP contribution in [0.25, 0.3) is 22.3 Å². The molecule has 1 atom stereocenters. The van der Waals surface area contributed by atoms with Gasteiger partial charge in [-0.25, -0.2) is 9.37 Å². The summed E-state index contributed by atoms with van der Waals surface area (Å²) in [7, 11) is 2.99. The van der Waals surface area contributed by atoms with Crippen molar-refractivity contribution in [3.8, 4) is 22.9 Å². The quantitative estimate of drug-likeness (QED) is 0.743. The number of H-pyrrole nitrogens is 1. The van der Waals surface area contributed by atoms with E-state index in [0.29, 0.717) is 39.4 Å². The Morgan fingerprint density at radius 3 is 2.60 bits per heavy atom. The summed E-state index contributed by atoms with van der Waals surface area (Å²) in [4.78, 5) is 19.6. The van der Waals surface area contributed by atoms with Crippen molar-refractivity contribution in [2.45, 2.75) is 6.10 Å². The molecule has 0 fully saturated rings. The van der Waals surface area contributed by atoms with Crippen molar-refractivity contribution in [3.05, 3.63) is 52.3 Å². The highest BCUT2D eigenvalue weighted by atomic mass is 19.1. The maximum atomic E-state index is 12.7. The number of rotatable bonds is 5. The number of alkyl halides is 1. The van der Waals surface area contributed by atoms with Gasteiger partial charge in [-0.3, -0.25) is 4.79 Å². The Balaban J connectivity index is 2.17. The minimum atomic E-state index is -1.21. The van der Waals surface area contributed by atoms with E-state index in [0.717, 1.165) is 0 Å². The van der Waals surface area contributed by atoms with E-state index >= 15 is 0 Å². The third-order valence-corrected chi connectivity index (χ3v) is 3.90. The van der Waals surface area contributed by atoms with Crippen molar-refractivity contribution in [1.29, 1.82) is 0 Å². The van der Waals surface area contributed by atoms with E-state index in [2.05, 4.69) is 9.97 Å². The number of aromatic nitrogens is 2. The molecule has 1 heterocycles. The van der Waals surface area contributed by atoms with E-state index in [-0.39, 0.29) is 5.56 Å². The molecule has 130 valence electrons. The monoisotopic (exact) mass is 344 g/mol. The van der Waals surface area contributed by atoms with E-state index in [9.17, 15) is 14.3 Å². The third-order valence-electron chi connectivity index (χ3n) is 3.90. The second kappa shape index (κ2) is 6.90. The Morgan fingerprint density at radius 1 is 1.20 bits per heavy atom. The highest BCUT2D eigenvalue weighted by molar-refractivity contribution is 5.83. The average molecular weight is 344 g/mol. The van der Waals surface area contributed by atoms with Gasteiger partial charge in [-0.2, -0.15) is 0 Å². The number of hydrogen-bond acceptors (Lipinski definition) is 5. The van der Waals surface area contributed by atoms with Gasteiger partial charge < -0.3 is 19.6 Å². The summed E-state index contributed by atoms with van der Waals surface area (Å²) in [5, 5.41) is 10.0. The van der Waals surface area contributed by atoms with Gasteiger partial charge in [0.25, 0.3) is 5.56 Å². The molecule has 2 aromatic carbocycles. The Kier molecular flexibility index (Phi) is 4.67. The molecule has 0 aliphatic carbocycles. The second-order valence-corrected chi connectivity index (χ2v) is 5.43. The molecule has 2 N–H and O–H groups in total. The smallest absolute Gasteiger partial charge is 0.259 e. The predicted molar refractivity (Wildman–Crippen MR) is 91.8 cm³/mol. The maximum Gasteiger partial charge on any atom is 0.259 e. The third kappa shape index (κ3) is 3.18. The van der Waals surface area contributed by atoms with E-state index in [1.807, 2.05) is 0 Å². The first-order chi connectivity index (χ1) is 12.1. The number of ether oxygens (including phenoxy) is 2. The summed E-state index contributed by atoms with van der Waals surface area (Å²) in [5.74, 6) is 1.21. The van der Waals surface area contributed by atoms with Crippen molar-refractivity contribution < 1.29 is 19.0 Å². The molecule has 0 aliphatic rings. The fraction of sp³-hybridized carbons (Fsp3) is 0.222. The van der Waals surface area contributed by atoms with Crippen molar-refractivity contribution in [1.82, 2.24) is 9.97 Å². The molecule has 0 spiro atoms. The van der Waals surface area contributed by atoms with Crippen LogP contribution in [-0.2, 0) is 0 Å². The van der Waals surface area contributed by atoms with Crippen molar-refractivity contribution in [2.24, 2.45) is 0 Å². The minimum Gasteiger partial charge on any atom is -0.493 e. The largest absolute Gasteiger partial charge is 0.493 e. The molecule has 0 aliphatic heterocycles. The first-order valence-corrected chi connectivity index (χ1v) is 7.57. The number of aromatic amines is 1. The second-order valence-electron chi connectivity index (χ2n) is 5.43. The highest BCUT2D eigenvalue weighted by Crippen LogP contribution is 2.30. The molecule has 7 heteroatoms. The summed E-state index contributed by atoms with van der Waals surface area (Å²) in [6, 6.07) is 9.78. The molecule has 0 radical (unpaired) electrons. The predicted octanol–water partition coefficient (Wildman–Crippen LogP) is 2.61. The van der Waals surface area contributed by atoms with Crippen LogP contribution in [0.2, 0.25) is 0 Å². The number of methoxy groups -OCH3 is 2. The van der Waals surface area contributed by atoms with E-state index in [1.165, 1.54) is 14.2 Å². The van der Waals surface area contributed by atoms with E-state index < -0.39 is 12.8 Å². The van der Waals surface area contributed by atoms with Crippen LogP contribution in [0.4, 0.5) is 4.39 Å². The lowest BCUT2D eigenvalue weighted by atomic mass is 10.1. The Hall–Kier alpha value is -2.93. The normalized spacial score (nSPS) is 12.2. The Morgan fingerprint density at radius 2 is 1.92 bits per heavy atom. The molecule has 0 bridgehead atoms. The van der Waals surface area contributed by atoms with Gasteiger partial charge in [0.1, 0.15) is 18.6 Å². The molecule has 0 saturated carbocycles. The zero-order chi connectivity index (χ0) is 18.0. The summed E-state index contributed by atoms with van der Waals surface area (Å²) >= 11 is 0. The Labute approximate surface area is 142 Å². The number of hydrogen-bond donors (Lipinski definition) is 2. The first-order valence-electron chi connectivity index (χ1n) is 7.57. The molecule has 1 aromatic heterocycles. The number of nitrogens with zero attached hydrogens (tertiary/aromatic N) is 1. The van der Waals surface area contributed by atoms with Crippen molar-refractivity contribution in [2.75, 3.05) is 20.9 Å². The van der Waals surface area contributed by atoms with Crippen LogP contribution in [-0.4, -0.2) is 36.0 Å². The molecule has 25 heavy (non-hydrogen) atoms. The summed E-state index contributed by atoms with van der Waals surface area (Å²) in [6.07, 6.45) is -1.21. The van der Waals surface area contributed by atoms with Gasteiger partial charge in [0, 0.05) is 11.6 Å².